The lowest BCUT2D eigenvalue weighted by atomic mass is 10.0. The molecule has 0 bridgehead atoms. The number of halogens is 1. The van der Waals surface area contributed by atoms with E-state index in [0.29, 0.717) is 11.7 Å². The van der Waals surface area contributed by atoms with Gasteiger partial charge in [0.2, 0.25) is 0 Å². The molecule has 0 fully saturated rings. The van der Waals surface area contributed by atoms with Gasteiger partial charge in [0.25, 0.3) is 5.91 Å². The van der Waals surface area contributed by atoms with E-state index in [1.165, 1.54) is 5.56 Å². The number of hydrogen-bond donors (Lipinski definition) is 1. The Morgan fingerprint density at radius 2 is 1.68 bits per heavy atom. The molecule has 0 saturated heterocycles. The molecule has 1 amide bonds. The quantitative estimate of drug-likeness (QED) is 0.815. The van der Waals surface area contributed by atoms with Gasteiger partial charge in [0.15, 0.2) is 6.10 Å². The predicted molar refractivity (Wildman–Crippen MR) is 93.4 cm³/mol. The second kappa shape index (κ2) is 7.45. The molecule has 0 radical (unpaired) electrons. The van der Waals surface area contributed by atoms with E-state index < -0.39 is 6.10 Å². The van der Waals surface area contributed by atoms with E-state index in [-0.39, 0.29) is 5.91 Å². The summed E-state index contributed by atoms with van der Waals surface area (Å²) in [5.74, 6) is 0.990. The summed E-state index contributed by atoms with van der Waals surface area (Å²) in [5.41, 5.74) is 1.98. The SMILES string of the molecule is CC(C)c1ccc(O[C@@H](C)C(=O)Nc2ccccc2Br)cc1. The topological polar surface area (TPSA) is 38.3 Å². The molecule has 1 atom stereocenters. The highest BCUT2D eigenvalue weighted by Gasteiger charge is 2.15. The van der Waals surface area contributed by atoms with E-state index in [1.54, 1.807) is 6.92 Å². The zero-order chi connectivity index (χ0) is 16.1. The monoisotopic (exact) mass is 361 g/mol. The summed E-state index contributed by atoms with van der Waals surface area (Å²) >= 11 is 3.41. The second-order valence-corrected chi connectivity index (χ2v) is 6.31. The molecule has 116 valence electrons. The zero-order valence-electron chi connectivity index (χ0n) is 13.0. The highest BCUT2D eigenvalue weighted by atomic mass is 79.9. The molecule has 2 rings (SSSR count). The van der Waals surface area contributed by atoms with Crippen LogP contribution in [0.2, 0.25) is 0 Å². The first-order chi connectivity index (χ1) is 10.5. The fourth-order valence-corrected chi connectivity index (χ4v) is 2.37. The number of carbonyl (C=O) groups excluding carboxylic acids is 1. The molecule has 3 nitrogen and oxygen atoms in total. The van der Waals surface area contributed by atoms with Crippen molar-refractivity contribution < 1.29 is 9.53 Å². The first kappa shape index (κ1) is 16.6. The van der Waals surface area contributed by atoms with Crippen molar-refractivity contribution >= 4 is 27.5 Å². The van der Waals surface area contributed by atoms with E-state index >= 15 is 0 Å². The van der Waals surface area contributed by atoms with Crippen molar-refractivity contribution in [2.75, 3.05) is 5.32 Å². The summed E-state index contributed by atoms with van der Waals surface area (Å²) in [4.78, 5) is 12.2. The van der Waals surface area contributed by atoms with Gasteiger partial charge >= 0.3 is 0 Å². The number of anilines is 1. The fraction of sp³-hybridized carbons (Fsp3) is 0.278. The molecule has 0 aliphatic carbocycles. The lowest BCUT2D eigenvalue weighted by Gasteiger charge is -2.16. The van der Waals surface area contributed by atoms with Crippen LogP contribution in [0.1, 0.15) is 32.3 Å². The first-order valence-electron chi connectivity index (χ1n) is 7.29. The summed E-state index contributed by atoms with van der Waals surface area (Å²) in [5, 5.41) is 2.85. The highest BCUT2D eigenvalue weighted by Crippen LogP contribution is 2.22. The van der Waals surface area contributed by atoms with E-state index in [4.69, 9.17) is 4.74 Å². The normalized spacial score (nSPS) is 12.0. The van der Waals surface area contributed by atoms with Crippen LogP contribution in [0.15, 0.2) is 53.0 Å². The Hall–Kier alpha value is -1.81. The second-order valence-electron chi connectivity index (χ2n) is 5.45. The third kappa shape index (κ3) is 4.34. The fourth-order valence-electron chi connectivity index (χ4n) is 1.99. The maximum Gasteiger partial charge on any atom is 0.265 e. The predicted octanol–water partition coefficient (Wildman–Crippen LogP) is 4.98. The van der Waals surface area contributed by atoms with Crippen LogP contribution in [-0.2, 0) is 4.79 Å². The van der Waals surface area contributed by atoms with Gasteiger partial charge in [-0.15, -0.1) is 0 Å². The van der Waals surface area contributed by atoms with Crippen molar-refractivity contribution in [1.29, 1.82) is 0 Å². The van der Waals surface area contributed by atoms with Gasteiger partial charge in [-0.2, -0.15) is 0 Å². The minimum Gasteiger partial charge on any atom is -0.481 e. The van der Waals surface area contributed by atoms with E-state index in [0.717, 1.165) is 10.2 Å². The Morgan fingerprint density at radius 3 is 2.27 bits per heavy atom. The van der Waals surface area contributed by atoms with Crippen molar-refractivity contribution in [2.45, 2.75) is 32.8 Å². The summed E-state index contributed by atoms with van der Waals surface area (Å²) in [6, 6.07) is 15.3. The smallest absolute Gasteiger partial charge is 0.265 e. The Balaban J connectivity index is 1.98. The lowest BCUT2D eigenvalue weighted by molar-refractivity contribution is -0.122. The average Bonchev–Trinajstić information content (AvgIpc) is 2.50. The third-order valence-electron chi connectivity index (χ3n) is 3.36. The molecule has 0 aliphatic heterocycles. The Morgan fingerprint density at radius 1 is 1.05 bits per heavy atom. The molecule has 0 spiro atoms. The molecule has 2 aromatic carbocycles. The van der Waals surface area contributed by atoms with Crippen LogP contribution in [0.4, 0.5) is 5.69 Å². The van der Waals surface area contributed by atoms with Gasteiger partial charge in [-0.1, -0.05) is 38.1 Å². The van der Waals surface area contributed by atoms with Gasteiger partial charge in [-0.05, 0) is 58.6 Å². The number of rotatable bonds is 5. The molecule has 0 saturated carbocycles. The van der Waals surface area contributed by atoms with Crippen molar-refractivity contribution in [3.05, 3.63) is 58.6 Å². The van der Waals surface area contributed by atoms with Gasteiger partial charge in [0.1, 0.15) is 5.75 Å². The Bertz CT molecular complexity index is 638. The molecule has 0 unspecified atom stereocenters. The summed E-state index contributed by atoms with van der Waals surface area (Å²) in [6.45, 7) is 6.02. The number of amides is 1. The summed E-state index contributed by atoms with van der Waals surface area (Å²) in [7, 11) is 0. The van der Waals surface area contributed by atoms with Gasteiger partial charge in [-0.3, -0.25) is 4.79 Å². The Labute approximate surface area is 139 Å². The maximum absolute atomic E-state index is 12.2. The molecule has 0 heterocycles. The van der Waals surface area contributed by atoms with Crippen LogP contribution < -0.4 is 10.1 Å². The van der Waals surface area contributed by atoms with E-state index in [1.807, 2.05) is 48.5 Å². The molecular weight excluding hydrogens is 342 g/mol. The minimum atomic E-state index is -0.572. The van der Waals surface area contributed by atoms with Crippen LogP contribution >= 0.6 is 15.9 Å². The van der Waals surface area contributed by atoms with Gasteiger partial charge in [0, 0.05) is 4.47 Å². The highest BCUT2D eigenvalue weighted by molar-refractivity contribution is 9.10. The standard InChI is InChI=1S/C18H20BrNO2/c1-12(2)14-8-10-15(11-9-14)22-13(3)18(21)20-17-7-5-4-6-16(17)19/h4-13H,1-3H3,(H,20,21)/t13-/m0/s1. The minimum absolute atomic E-state index is 0.181. The van der Waals surface area contributed by atoms with Gasteiger partial charge in [0.05, 0.1) is 5.69 Å². The van der Waals surface area contributed by atoms with Crippen LogP contribution in [0.5, 0.6) is 5.75 Å². The molecule has 0 aliphatic rings. The zero-order valence-corrected chi connectivity index (χ0v) is 14.6. The van der Waals surface area contributed by atoms with Crippen LogP contribution in [0.25, 0.3) is 0 Å². The molecule has 1 N–H and O–H groups in total. The van der Waals surface area contributed by atoms with E-state index in [9.17, 15) is 4.79 Å². The number of carbonyl (C=O) groups is 1. The number of hydrogen-bond acceptors (Lipinski definition) is 2. The van der Waals surface area contributed by atoms with Crippen molar-refractivity contribution in [1.82, 2.24) is 0 Å². The summed E-state index contributed by atoms with van der Waals surface area (Å²) in [6.07, 6.45) is -0.572. The maximum atomic E-state index is 12.2. The van der Waals surface area contributed by atoms with Crippen molar-refractivity contribution in [3.8, 4) is 5.75 Å². The van der Waals surface area contributed by atoms with Crippen LogP contribution in [0, 0.1) is 0 Å². The number of para-hydroxylation sites is 1. The van der Waals surface area contributed by atoms with Crippen LogP contribution in [0.3, 0.4) is 0 Å². The Kier molecular flexibility index (Phi) is 5.61. The number of ether oxygens (including phenoxy) is 1. The summed E-state index contributed by atoms with van der Waals surface area (Å²) < 4.78 is 6.54. The number of benzene rings is 2. The lowest BCUT2D eigenvalue weighted by Crippen LogP contribution is -2.30. The van der Waals surface area contributed by atoms with Crippen molar-refractivity contribution in [3.63, 3.8) is 0 Å². The van der Waals surface area contributed by atoms with Crippen LogP contribution in [-0.4, -0.2) is 12.0 Å². The molecule has 22 heavy (non-hydrogen) atoms. The first-order valence-corrected chi connectivity index (χ1v) is 8.08. The van der Waals surface area contributed by atoms with E-state index in [2.05, 4.69) is 35.1 Å². The van der Waals surface area contributed by atoms with Gasteiger partial charge < -0.3 is 10.1 Å². The largest absolute Gasteiger partial charge is 0.481 e. The molecular formula is C18H20BrNO2. The molecule has 0 aromatic heterocycles. The molecule has 2 aromatic rings. The third-order valence-corrected chi connectivity index (χ3v) is 4.05. The molecule has 4 heteroatoms. The number of nitrogens with one attached hydrogen (secondary N) is 1. The van der Waals surface area contributed by atoms with Crippen molar-refractivity contribution in [2.24, 2.45) is 0 Å². The van der Waals surface area contributed by atoms with Gasteiger partial charge in [-0.25, -0.2) is 0 Å². The average molecular weight is 362 g/mol.